The van der Waals surface area contributed by atoms with Crippen LogP contribution in [0.25, 0.3) is 0 Å². The molecule has 3 rings (SSSR count). The van der Waals surface area contributed by atoms with Crippen molar-refractivity contribution in [2.75, 3.05) is 31.1 Å². The zero-order chi connectivity index (χ0) is 15.3. The van der Waals surface area contributed by atoms with Crippen LogP contribution in [0.15, 0.2) is 0 Å². The summed E-state index contributed by atoms with van der Waals surface area (Å²) in [6.45, 7) is 2.69. The SMILES string of the molecule is CC1CN(S(=O)(=O)CC2CC2)CCN1S(=O)(=O)CC1CC1. The number of rotatable bonds is 6. The molecule has 0 amide bonds. The quantitative estimate of drug-likeness (QED) is 0.707. The van der Waals surface area contributed by atoms with Crippen molar-refractivity contribution in [3.05, 3.63) is 0 Å². The third-order valence-electron chi connectivity index (χ3n) is 4.57. The Morgan fingerprint density at radius 2 is 1.38 bits per heavy atom. The van der Waals surface area contributed by atoms with Crippen LogP contribution in [-0.2, 0) is 20.0 Å². The van der Waals surface area contributed by atoms with E-state index < -0.39 is 20.0 Å². The molecule has 2 saturated carbocycles. The predicted octanol–water partition coefficient (Wildman–Crippen LogP) is 0.472. The van der Waals surface area contributed by atoms with Gasteiger partial charge in [-0.3, -0.25) is 0 Å². The van der Waals surface area contributed by atoms with Crippen LogP contribution < -0.4 is 0 Å². The molecule has 6 nitrogen and oxygen atoms in total. The minimum Gasteiger partial charge on any atom is -0.212 e. The summed E-state index contributed by atoms with van der Waals surface area (Å²) in [7, 11) is -6.46. The fraction of sp³-hybridized carbons (Fsp3) is 1.00. The van der Waals surface area contributed by atoms with Crippen LogP contribution in [0.3, 0.4) is 0 Å². The molecule has 2 aliphatic carbocycles. The van der Waals surface area contributed by atoms with Gasteiger partial charge in [0.25, 0.3) is 0 Å². The van der Waals surface area contributed by atoms with Gasteiger partial charge < -0.3 is 0 Å². The summed E-state index contributed by atoms with van der Waals surface area (Å²) in [6, 6.07) is -0.267. The third kappa shape index (κ3) is 3.78. The van der Waals surface area contributed by atoms with Crippen LogP contribution in [0.5, 0.6) is 0 Å². The van der Waals surface area contributed by atoms with Gasteiger partial charge in [0.15, 0.2) is 0 Å². The maximum atomic E-state index is 12.3. The second-order valence-electron chi connectivity index (χ2n) is 6.76. The Morgan fingerprint density at radius 3 is 1.86 bits per heavy atom. The lowest BCUT2D eigenvalue weighted by Crippen LogP contribution is -2.56. The number of sulfonamides is 2. The fourth-order valence-electron chi connectivity index (χ4n) is 2.94. The van der Waals surface area contributed by atoms with Gasteiger partial charge in [0.1, 0.15) is 0 Å². The Bertz CT molecular complexity index is 594. The summed E-state index contributed by atoms with van der Waals surface area (Å²) in [4.78, 5) is 0. The lowest BCUT2D eigenvalue weighted by atomic mass is 10.3. The number of piperazine rings is 1. The van der Waals surface area contributed by atoms with E-state index in [1.54, 1.807) is 0 Å². The number of nitrogens with zero attached hydrogens (tertiary/aromatic N) is 2. The topological polar surface area (TPSA) is 74.8 Å². The molecule has 3 fully saturated rings. The number of hydrogen-bond acceptors (Lipinski definition) is 4. The molecular weight excluding hydrogens is 312 g/mol. The Hall–Kier alpha value is -0.180. The fourth-order valence-corrected chi connectivity index (χ4v) is 6.98. The smallest absolute Gasteiger partial charge is 0.212 e. The summed E-state index contributed by atoms with van der Waals surface area (Å²) >= 11 is 0. The van der Waals surface area contributed by atoms with Crippen LogP contribution in [-0.4, -0.2) is 62.6 Å². The molecular formula is C13H24N2O4S2. The summed E-state index contributed by atoms with van der Waals surface area (Å²) in [5, 5.41) is 0. The molecule has 8 heteroatoms. The van der Waals surface area contributed by atoms with E-state index in [2.05, 4.69) is 0 Å². The maximum Gasteiger partial charge on any atom is 0.214 e. The molecule has 1 heterocycles. The van der Waals surface area contributed by atoms with Crippen LogP contribution in [0.2, 0.25) is 0 Å². The first kappa shape index (κ1) is 15.7. The highest BCUT2D eigenvalue weighted by molar-refractivity contribution is 7.89. The lowest BCUT2D eigenvalue weighted by Gasteiger charge is -2.38. The first-order chi connectivity index (χ1) is 9.78. The van der Waals surface area contributed by atoms with E-state index in [1.807, 2.05) is 6.92 Å². The summed E-state index contributed by atoms with van der Waals surface area (Å²) in [5.41, 5.74) is 0. The van der Waals surface area contributed by atoms with Gasteiger partial charge in [-0.05, 0) is 44.4 Å². The molecule has 0 bridgehead atoms. The average molecular weight is 336 g/mol. The second-order valence-corrected chi connectivity index (χ2v) is 10.7. The molecule has 0 aromatic heterocycles. The Morgan fingerprint density at radius 1 is 0.857 bits per heavy atom. The van der Waals surface area contributed by atoms with E-state index >= 15 is 0 Å². The molecule has 0 aromatic rings. The van der Waals surface area contributed by atoms with E-state index in [0.29, 0.717) is 31.5 Å². The summed E-state index contributed by atoms with van der Waals surface area (Å²) < 4.78 is 52.3. The normalized spacial score (nSPS) is 29.7. The Kier molecular flexibility index (Phi) is 4.09. The van der Waals surface area contributed by atoms with E-state index in [9.17, 15) is 16.8 Å². The molecule has 1 atom stereocenters. The van der Waals surface area contributed by atoms with E-state index in [0.717, 1.165) is 25.7 Å². The zero-order valence-electron chi connectivity index (χ0n) is 12.4. The van der Waals surface area contributed by atoms with Gasteiger partial charge in [-0.1, -0.05) is 0 Å². The van der Waals surface area contributed by atoms with Crippen LogP contribution in [0.1, 0.15) is 32.6 Å². The summed E-state index contributed by atoms with van der Waals surface area (Å²) in [5.74, 6) is 1.10. The van der Waals surface area contributed by atoms with Crippen molar-refractivity contribution in [3.63, 3.8) is 0 Å². The van der Waals surface area contributed by atoms with Crippen LogP contribution >= 0.6 is 0 Å². The van der Waals surface area contributed by atoms with E-state index in [-0.39, 0.29) is 17.5 Å². The van der Waals surface area contributed by atoms with Crippen molar-refractivity contribution in [1.82, 2.24) is 8.61 Å². The minimum atomic E-state index is -3.24. The molecule has 1 saturated heterocycles. The Balaban J connectivity index is 1.63. The highest BCUT2D eigenvalue weighted by Crippen LogP contribution is 2.33. The largest absolute Gasteiger partial charge is 0.214 e. The first-order valence-corrected chi connectivity index (χ1v) is 11.0. The zero-order valence-corrected chi connectivity index (χ0v) is 14.1. The molecule has 0 spiro atoms. The molecule has 1 unspecified atom stereocenters. The molecule has 0 N–H and O–H groups in total. The van der Waals surface area contributed by atoms with Gasteiger partial charge in [-0.25, -0.2) is 16.8 Å². The molecule has 3 aliphatic rings. The van der Waals surface area contributed by atoms with Crippen molar-refractivity contribution in [1.29, 1.82) is 0 Å². The predicted molar refractivity (Wildman–Crippen MR) is 80.8 cm³/mol. The minimum absolute atomic E-state index is 0.228. The Labute approximate surface area is 127 Å². The molecule has 0 radical (unpaired) electrons. The van der Waals surface area contributed by atoms with E-state index in [1.165, 1.54) is 8.61 Å². The van der Waals surface area contributed by atoms with Gasteiger partial charge >= 0.3 is 0 Å². The lowest BCUT2D eigenvalue weighted by molar-refractivity contribution is 0.212. The maximum absolute atomic E-state index is 12.3. The van der Waals surface area contributed by atoms with Gasteiger partial charge in [-0.2, -0.15) is 8.61 Å². The standard InChI is InChI=1S/C13H24N2O4S2/c1-11-8-14(20(16,17)9-12-2-3-12)6-7-15(11)21(18,19)10-13-4-5-13/h11-13H,2-10H2,1H3. The molecule has 21 heavy (non-hydrogen) atoms. The van der Waals surface area contributed by atoms with Crippen molar-refractivity contribution in [2.24, 2.45) is 11.8 Å². The van der Waals surface area contributed by atoms with Crippen molar-refractivity contribution in [2.45, 2.75) is 38.6 Å². The third-order valence-corrected chi connectivity index (χ3v) is 8.73. The van der Waals surface area contributed by atoms with Gasteiger partial charge in [0.2, 0.25) is 20.0 Å². The second kappa shape index (κ2) is 5.47. The summed E-state index contributed by atoms with van der Waals surface area (Å²) in [6.07, 6.45) is 4.02. The van der Waals surface area contributed by atoms with Crippen LogP contribution in [0.4, 0.5) is 0 Å². The van der Waals surface area contributed by atoms with Gasteiger partial charge in [-0.15, -0.1) is 0 Å². The van der Waals surface area contributed by atoms with Crippen molar-refractivity contribution in [3.8, 4) is 0 Å². The number of hydrogen-bond donors (Lipinski definition) is 0. The van der Waals surface area contributed by atoms with Gasteiger partial charge in [0, 0.05) is 25.7 Å². The van der Waals surface area contributed by atoms with Crippen molar-refractivity contribution < 1.29 is 16.8 Å². The van der Waals surface area contributed by atoms with Gasteiger partial charge in [0.05, 0.1) is 11.5 Å². The van der Waals surface area contributed by atoms with Crippen LogP contribution in [0, 0.1) is 11.8 Å². The monoisotopic (exact) mass is 336 g/mol. The molecule has 0 aromatic carbocycles. The molecule has 1 aliphatic heterocycles. The highest BCUT2D eigenvalue weighted by Gasteiger charge is 2.40. The van der Waals surface area contributed by atoms with Crippen molar-refractivity contribution >= 4 is 20.0 Å². The van der Waals surface area contributed by atoms with E-state index in [4.69, 9.17) is 0 Å². The molecule has 122 valence electrons. The highest BCUT2D eigenvalue weighted by atomic mass is 32.2. The average Bonchev–Trinajstić information content (AvgIpc) is 3.25. The first-order valence-electron chi connectivity index (χ1n) is 7.75.